The summed E-state index contributed by atoms with van der Waals surface area (Å²) in [6, 6.07) is -0.0567. The highest BCUT2D eigenvalue weighted by atomic mass is 16.1. The van der Waals surface area contributed by atoms with Gasteiger partial charge in [0, 0.05) is 13.1 Å². The Kier molecular flexibility index (Phi) is 1.71. The lowest BCUT2D eigenvalue weighted by Crippen LogP contribution is -2.49. The van der Waals surface area contributed by atoms with Gasteiger partial charge in [0.1, 0.15) is 0 Å². The highest BCUT2D eigenvalue weighted by molar-refractivity contribution is 5.79. The molecule has 0 spiro atoms. The summed E-state index contributed by atoms with van der Waals surface area (Å²) in [5, 5.41) is 0. The number of hydrogen-bond acceptors (Lipinski definition) is 2. The fourth-order valence-corrected chi connectivity index (χ4v) is 0.908. The molecule has 0 aromatic heterocycles. The molecule has 0 aromatic rings. The van der Waals surface area contributed by atoms with Gasteiger partial charge in [0.05, 0.1) is 6.04 Å². The lowest BCUT2D eigenvalue weighted by Gasteiger charge is -2.34. The van der Waals surface area contributed by atoms with Crippen LogP contribution in [0, 0.1) is 0 Å². The molecular formula is C6H12N2O. The molecule has 0 bridgehead atoms. The number of nitrogens with zero attached hydrogens (tertiary/aromatic N) is 1. The highest BCUT2D eigenvalue weighted by Gasteiger charge is 2.23. The average molecular weight is 128 g/mol. The Morgan fingerprint density at radius 1 is 1.67 bits per heavy atom. The molecule has 0 saturated carbocycles. The molecule has 3 heteroatoms. The summed E-state index contributed by atoms with van der Waals surface area (Å²) >= 11 is 0. The van der Waals surface area contributed by atoms with Crippen molar-refractivity contribution in [2.45, 2.75) is 19.4 Å². The van der Waals surface area contributed by atoms with E-state index >= 15 is 0 Å². The van der Waals surface area contributed by atoms with Crippen LogP contribution in [0.1, 0.15) is 13.3 Å². The van der Waals surface area contributed by atoms with E-state index in [0.29, 0.717) is 0 Å². The maximum absolute atomic E-state index is 10.5. The van der Waals surface area contributed by atoms with Gasteiger partial charge < -0.3 is 5.73 Å². The van der Waals surface area contributed by atoms with E-state index in [1.807, 2.05) is 6.92 Å². The number of carbonyl (C=O) groups is 1. The Balaban J connectivity index is 2.32. The van der Waals surface area contributed by atoms with E-state index in [0.717, 1.165) is 13.1 Å². The van der Waals surface area contributed by atoms with Gasteiger partial charge in [-0.1, -0.05) is 0 Å². The van der Waals surface area contributed by atoms with Crippen LogP contribution in [0.15, 0.2) is 0 Å². The minimum atomic E-state index is -0.213. The fourth-order valence-electron chi connectivity index (χ4n) is 0.908. The summed E-state index contributed by atoms with van der Waals surface area (Å²) < 4.78 is 0. The first-order valence-electron chi connectivity index (χ1n) is 3.25. The first kappa shape index (κ1) is 6.55. The van der Waals surface area contributed by atoms with Crippen molar-refractivity contribution in [2.75, 3.05) is 13.1 Å². The molecule has 1 saturated heterocycles. The third kappa shape index (κ3) is 1.21. The molecule has 1 atom stereocenters. The molecule has 9 heavy (non-hydrogen) atoms. The number of nitrogens with two attached hydrogens (primary N) is 1. The van der Waals surface area contributed by atoms with Gasteiger partial charge in [0.25, 0.3) is 0 Å². The number of hydrogen-bond donors (Lipinski definition) is 1. The van der Waals surface area contributed by atoms with Crippen molar-refractivity contribution < 1.29 is 4.79 Å². The second kappa shape index (κ2) is 2.35. The van der Waals surface area contributed by atoms with Crippen molar-refractivity contribution >= 4 is 5.91 Å². The molecule has 3 nitrogen and oxygen atoms in total. The Bertz CT molecular complexity index is 120. The molecule has 1 aliphatic rings. The zero-order chi connectivity index (χ0) is 6.85. The van der Waals surface area contributed by atoms with Crippen LogP contribution < -0.4 is 5.73 Å². The molecule has 0 aromatic carbocycles. The molecule has 1 rings (SSSR count). The molecule has 0 radical (unpaired) electrons. The second-order valence-electron chi connectivity index (χ2n) is 2.47. The first-order valence-corrected chi connectivity index (χ1v) is 3.25. The van der Waals surface area contributed by atoms with E-state index in [-0.39, 0.29) is 11.9 Å². The zero-order valence-corrected chi connectivity index (χ0v) is 5.63. The minimum Gasteiger partial charge on any atom is -0.368 e. The maximum Gasteiger partial charge on any atom is 0.234 e. The third-order valence-corrected chi connectivity index (χ3v) is 1.85. The van der Waals surface area contributed by atoms with E-state index < -0.39 is 0 Å². The normalized spacial score (nSPS) is 22.8. The molecule has 2 N–H and O–H groups in total. The van der Waals surface area contributed by atoms with Gasteiger partial charge in [-0.25, -0.2) is 0 Å². The molecule has 1 aliphatic heterocycles. The number of primary amides is 1. The van der Waals surface area contributed by atoms with Crippen LogP contribution in [0.4, 0.5) is 0 Å². The van der Waals surface area contributed by atoms with Gasteiger partial charge in [0.15, 0.2) is 0 Å². The molecule has 52 valence electrons. The van der Waals surface area contributed by atoms with Crippen LogP contribution in [0.25, 0.3) is 0 Å². The topological polar surface area (TPSA) is 46.3 Å². The number of likely N-dealkylation sites (tertiary alicyclic amines) is 1. The lowest BCUT2D eigenvalue weighted by molar-refractivity contribution is -0.123. The lowest BCUT2D eigenvalue weighted by atomic mass is 10.1. The summed E-state index contributed by atoms with van der Waals surface area (Å²) in [5.41, 5.74) is 5.07. The first-order chi connectivity index (χ1) is 4.22. The van der Waals surface area contributed by atoms with E-state index in [9.17, 15) is 4.79 Å². The molecule has 1 amide bonds. The number of amides is 1. The Labute approximate surface area is 54.8 Å². The molecule has 1 unspecified atom stereocenters. The van der Waals surface area contributed by atoms with Crippen LogP contribution in [0.3, 0.4) is 0 Å². The van der Waals surface area contributed by atoms with Gasteiger partial charge >= 0.3 is 0 Å². The highest BCUT2D eigenvalue weighted by Crippen LogP contribution is 2.09. The van der Waals surface area contributed by atoms with Crippen LogP contribution >= 0.6 is 0 Å². The van der Waals surface area contributed by atoms with Gasteiger partial charge in [-0.05, 0) is 13.3 Å². The Hall–Kier alpha value is -0.570. The van der Waals surface area contributed by atoms with E-state index in [4.69, 9.17) is 5.73 Å². The van der Waals surface area contributed by atoms with Crippen molar-refractivity contribution in [2.24, 2.45) is 5.73 Å². The fraction of sp³-hybridized carbons (Fsp3) is 0.833. The Morgan fingerprint density at radius 3 is 2.33 bits per heavy atom. The SMILES string of the molecule is CC(C(N)=O)N1CCC1. The number of carbonyl (C=O) groups excluding carboxylic acids is 1. The van der Waals surface area contributed by atoms with Crippen molar-refractivity contribution in [3.8, 4) is 0 Å². The van der Waals surface area contributed by atoms with Crippen LogP contribution in [0.5, 0.6) is 0 Å². The second-order valence-corrected chi connectivity index (χ2v) is 2.47. The predicted molar refractivity (Wildman–Crippen MR) is 34.8 cm³/mol. The van der Waals surface area contributed by atoms with E-state index in [1.165, 1.54) is 6.42 Å². The molecule has 1 heterocycles. The van der Waals surface area contributed by atoms with Crippen LogP contribution in [-0.2, 0) is 4.79 Å². The third-order valence-electron chi connectivity index (χ3n) is 1.85. The molecule has 0 aliphatic carbocycles. The minimum absolute atomic E-state index is 0.0567. The molecular weight excluding hydrogens is 116 g/mol. The van der Waals surface area contributed by atoms with Crippen molar-refractivity contribution in [1.29, 1.82) is 0 Å². The Morgan fingerprint density at radius 2 is 2.22 bits per heavy atom. The van der Waals surface area contributed by atoms with Gasteiger partial charge in [-0.3, -0.25) is 9.69 Å². The smallest absolute Gasteiger partial charge is 0.234 e. The van der Waals surface area contributed by atoms with Crippen molar-refractivity contribution in [3.05, 3.63) is 0 Å². The van der Waals surface area contributed by atoms with Gasteiger partial charge in [0.2, 0.25) is 5.91 Å². The van der Waals surface area contributed by atoms with Gasteiger partial charge in [-0.2, -0.15) is 0 Å². The van der Waals surface area contributed by atoms with E-state index in [2.05, 4.69) is 4.90 Å². The van der Waals surface area contributed by atoms with E-state index in [1.54, 1.807) is 0 Å². The molecule has 1 fully saturated rings. The monoisotopic (exact) mass is 128 g/mol. The van der Waals surface area contributed by atoms with Gasteiger partial charge in [-0.15, -0.1) is 0 Å². The largest absolute Gasteiger partial charge is 0.368 e. The average Bonchev–Trinajstić information content (AvgIpc) is 1.60. The summed E-state index contributed by atoms with van der Waals surface area (Å²) in [5.74, 6) is -0.213. The quantitative estimate of drug-likeness (QED) is 0.548. The summed E-state index contributed by atoms with van der Waals surface area (Å²) in [7, 11) is 0. The standard InChI is InChI=1S/C6H12N2O/c1-5(6(7)9)8-3-2-4-8/h5H,2-4H2,1H3,(H2,7,9). The summed E-state index contributed by atoms with van der Waals surface area (Å²) in [6.45, 7) is 3.91. The number of rotatable bonds is 2. The zero-order valence-electron chi connectivity index (χ0n) is 5.63. The van der Waals surface area contributed by atoms with Crippen LogP contribution in [0.2, 0.25) is 0 Å². The summed E-state index contributed by atoms with van der Waals surface area (Å²) in [4.78, 5) is 12.6. The van der Waals surface area contributed by atoms with Crippen molar-refractivity contribution in [1.82, 2.24) is 4.90 Å². The predicted octanol–water partition coefficient (Wildman–Crippen LogP) is -0.434. The maximum atomic E-state index is 10.5. The van der Waals surface area contributed by atoms with Crippen LogP contribution in [-0.4, -0.2) is 29.9 Å². The van der Waals surface area contributed by atoms with Crippen molar-refractivity contribution in [3.63, 3.8) is 0 Å². The summed E-state index contributed by atoms with van der Waals surface area (Å²) in [6.07, 6.45) is 1.21.